The van der Waals surface area contributed by atoms with E-state index in [1.54, 1.807) is 7.11 Å². The van der Waals surface area contributed by atoms with E-state index in [-0.39, 0.29) is 6.79 Å². The predicted octanol–water partition coefficient (Wildman–Crippen LogP) is 3.23. The van der Waals surface area contributed by atoms with Crippen molar-refractivity contribution in [3.05, 3.63) is 48.3 Å². The Kier molecular flexibility index (Phi) is 3.57. The lowest BCUT2D eigenvalue weighted by Crippen LogP contribution is -2.02. The summed E-state index contributed by atoms with van der Waals surface area (Å²) < 4.78 is 18.1. The summed E-state index contributed by atoms with van der Waals surface area (Å²) in [5.74, 6) is 3.97. The zero-order valence-electron chi connectivity index (χ0n) is 13.5. The van der Waals surface area contributed by atoms with E-state index in [0.717, 1.165) is 46.6 Å². The molecule has 2 aromatic carbocycles. The third kappa shape index (κ3) is 2.36. The summed E-state index contributed by atoms with van der Waals surface area (Å²) in [7, 11) is 1.66. The van der Waals surface area contributed by atoms with Gasteiger partial charge >= 0.3 is 0 Å². The molecule has 2 heterocycles. The summed E-state index contributed by atoms with van der Waals surface area (Å²) in [4.78, 5) is 0. The zero-order chi connectivity index (χ0) is 16.5. The molecule has 0 N–H and O–H groups in total. The molecule has 24 heavy (non-hydrogen) atoms. The average Bonchev–Trinajstić information content (AvgIpc) is 3.27. The topological polar surface area (TPSA) is 58.4 Å². The number of aryl methyl sites for hydroxylation is 1. The van der Waals surface area contributed by atoms with Gasteiger partial charge in [-0.05, 0) is 42.5 Å². The second-order valence-corrected chi connectivity index (χ2v) is 5.39. The minimum absolute atomic E-state index is 0.254. The molecule has 6 heteroatoms. The smallest absolute Gasteiger partial charge is 0.231 e. The van der Waals surface area contributed by atoms with Gasteiger partial charge in [-0.1, -0.05) is 6.92 Å². The van der Waals surface area contributed by atoms with Crippen LogP contribution in [-0.2, 0) is 6.42 Å². The summed E-state index contributed by atoms with van der Waals surface area (Å²) in [6.07, 6.45) is 0.781. The lowest BCUT2D eigenvalue weighted by Gasteiger charge is -2.11. The molecule has 1 aliphatic rings. The van der Waals surface area contributed by atoms with Crippen molar-refractivity contribution in [1.82, 2.24) is 14.8 Å². The summed E-state index contributed by atoms with van der Waals surface area (Å²) in [5, 5.41) is 8.72. The summed E-state index contributed by atoms with van der Waals surface area (Å²) in [6, 6.07) is 13.7. The first kappa shape index (κ1) is 14.6. The minimum Gasteiger partial charge on any atom is -0.497 e. The zero-order valence-corrected chi connectivity index (χ0v) is 13.5. The summed E-state index contributed by atoms with van der Waals surface area (Å²) in [5.41, 5.74) is 1.92. The Bertz CT molecular complexity index is 872. The van der Waals surface area contributed by atoms with E-state index in [0.29, 0.717) is 0 Å². The number of hydrogen-bond donors (Lipinski definition) is 0. The number of methoxy groups -OCH3 is 1. The Labute approximate surface area is 139 Å². The highest BCUT2D eigenvalue weighted by atomic mass is 16.7. The van der Waals surface area contributed by atoms with Crippen LogP contribution in [0.5, 0.6) is 17.2 Å². The van der Waals surface area contributed by atoms with Gasteiger partial charge in [-0.25, -0.2) is 0 Å². The highest BCUT2D eigenvalue weighted by Crippen LogP contribution is 2.36. The highest BCUT2D eigenvalue weighted by molar-refractivity contribution is 5.64. The second-order valence-electron chi connectivity index (χ2n) is 5.39. The average molecular weight is 323 g/mol. The molecule has 0 fully saturated rings. The van der Waals surface area contributed by atoms with Gasteiger partial charge in [-0.3, -0.25) is 4.57 Å². The second kappa shape index (κ2) is 5.88. The van der Waals surface area contributed by atoms with E-state index >= 15 is 0 Å². The van der Waals surface area contributed by atoms with Crippen LogP contribution in [0.4, 0.5) is 0 Å². The predicted molar refractivity (Wildman–Crippen MR) is 88.8 cm³/mol. The number of rotatable bonds is 4. The van der Waals surface area contributed by atoms with Crippen LogP contribution in [0.15, 0.2) is 42.5 Å². The van der Waals surface area contributed by atoms with Gasteiger partial charge in [0.1, 0.15) is 11.6 Å². The molecule has 1 aliphatic heterocycles. The van der Waals surface area contributed by atoms with Crippen molar-refractivity contribution in [2.45, 2.75) is 13.3 Å². The molecule has 0 bridgehead atoms. The number of benzene rings is 2. The lowest BCUT2D eigenvalue weighted by atomic mass is 10.1. The normalized spacial score (nSPS) is 12.4. The molecule has 3 aromatic rings. The van der Waals surface area contributed by atoms with Crippen molar-refractivity contribution in [1.29, 1.82) is 0 Å². The summed E-state index contributed by atoms with van der Waals surface area (Å²) in [6.45, 7) is 2.32. The van der Waals surface area contributed by atoms with Crippen molar-refractivity contribution >= 4 is 0 Å². The molecule has 0 unspecified atom stereocenters. The van der Waals surface area contributed by atoms with Crippen LogP contribution in [0.25, 0.3) is 17.1 Å². The molecule has 6 nitrogen and oxygen atoms in total. The van der Waals surface area contributed by atoms with Crippen molar-refractivity contribution < 1.29 is 14.2 Å². The summed E-state index contributed by atoms with van der Waals surface area (Å²) >= 11 is 0. The van der Waals surface area contributed by atoms with Gasteiger partial charge in [-0.15, -0.1) is 10.2 Å². The van der Waals surface area contributed by atoms with Gasteiger partial charge in [0.25, 0.3) is 0 Å². The Hall–Kier alpha value is -3.02. The quantitative estimate of drug-likeness (QED) is 0.738. The molecule has 0 radical (unpaired) electrons. The van der Waals surface area contributed by atoms with E-state index in [1.807, 2.05) is 42.5 Å². The van der Waals surface area contributed by atoms with E-state index in [9.17, 15) is 0 Å². The van der Waals surface area contributed by atoms with Crippen LogP contribution >= 0.6 is 0 Å². The van der Waals surface area contributed by atoms with Crippen molar-refractivity contribution in [3.8, 4) is 34.3 Å². The first-order chi connectivity index (χ1) is 11.8. The Morgan fingerprint density at radius 3 is 2.58 bits per heavy atom. The fourth-order valence-corrected chi connectivity index (χ4v) is 2.77. The van der Waals surface area contributed by atoms with Gasteiger partial charge in [0.15, 0.2) is 17.3 Å². The van der Waals surface area contributed by atoms with E-state index in [4.69, 9.17) is 14.2 Å². The third-order valence-electron chi connectivity index (χ3n) is 4.01. The standard InChI is InChI=1S/C18H17N3O3/c1-3-17-19-20-18(12-4-9-15-16(10-12)24-11-23-15)21(17)13-5-7-14(22-2)8-6-13/h4-10H,3,11H2,1-2H3. The van der Waals surface area contributed by atoms with Crippen LogP contribution < -0.4 is 14.2 Å². The molecule has 0 atom stereocenters. The Morgan fingerprint density at radius 2 is 1.83 bits per heavy atom. The van der Waals surface area contributed by atoms with E-state index in [1.165, 1.54) is 0 Å². The number of aromatic nitrogens is 3. The highest BCUT2D eigenvalue weighted by Gasteiger charge is 2.19. The van der Waals surface area contributed by atoms with Crippen LogP contribution in [-0.4, -0.2) is 28.7 Å². The molecular formula is C18H17N3O3. The van der Waals surface area contributed by atoms with Gasteiger partial charge in [0, 0.05) is 17.7 Å². The van der Waals surface area contributed by atoms with Gasteiger partial charge < -0.3 is 14.2 Å². The van der Waals surface area contributed by atoms with Gasteiger partial charge in [0.2, 0.25) is 6.79 Å². The van der Waals surface area contributed by atoms with Crippen molar-refractivity contribution in [2.24, 2.45) is 0 Å². The van der Waals surface area contributed by atoms with Crippen LogP contribution in [0.2, 0.25) is 0 Å². The largest absolute Gasteiger partial charge is 0.497 e. The molecule has 0 saturated heterocycles. The SMILES string of the molecule is CCc1nnc(-c2ccc3c(c2)OCO3)n1-c1ccc(OC)cc1. The minimum atomic E-state index is 0.254. The molecule has 122 valence electrons. The lowest BCUT2D eigenvalue weighted by molar-refractivity contribution is 0.174. The van der Waals surface area contributed by atoms with E-state index in [2.05, 4.69) is 21.7 Å². The number of hydrogen-bond acceptors (Lipinski definition) is 5. The fraction of sp³-hybridized carbons (Fsp3) is 0.222. The third-order valence-corrected chi connectivity index (χ3v) is 4.01. The van der Waals surface area contributed by atoms with Crippen LogP contribution in [0.3, 0.4) is 0 Å². The van der Waals surface area contributed by atoms with Gasteiger partial charge in [-0.2, -0.15) is 0 Å². The van der Waals surface area contributed by atoms with Crippen LogP contribution in [0, 0.1) is 0 Å². The van der Waals surface area contributed by atoms with E-state index < -0.39 is 0 Å². The molecule has 4 rings (SSSR count). The number of fused-ring (bicyclic) bond motifs is 1. The first-order valence-electron chi connectivity index (χ1n) is 7.79. The van der Waals surface area contributed by atoms with Gasteiger partial charge in [0.05, 0.1) is 7.11 Å². The molecule has 0 aliphatic carbocycles. The molecule has 1 aromatic heterocycles. The fourth-order valence-electron chi connectivity index (χ4n) is 2.77. The molecule has 0 saturated carbocycles. The Morgan fingerprint density at radius 1 is 1.04 bits per heavy atom. The maximum atomic E-state index is 5.47. The van der Waals surface area contributed by atoms with Crippen molar-refractivity contribution in [3.63, 3.8) is 0 Å². The first-order valence-corrected chi connectivity index (χ1v) is 7.79. The number of nitrogens with zero attached hydrogens (tertiary/aromatic N) is 3. The maximum absolute atomic E-state index is 5.47. The van der Waals surface area contributed by atoms with Crippen LogP contribution in [0.1, 0.15) is 12.7 Å². The monoisotopic (exact) mass is 323 g/mol. The molecule has 0 spiro atoms. The maximum Gasteiger partial charge on any atom is 0.231 e. The number of ether oxygens (including phenoxy) is 3. The Balaban J connectivity index is 1.83. The van der Waals surface area contributed by atoms with Crippen molar-refractivity contribution in [2.75, 3.05) is 13.9 Å². The molecule has 0 amide bonds. The molecular weight excluding hydrogens is 306 g/mol.